The molecule has 0 saturated carbocycles. The van der Waals surface area contributed by atoms with E-state index in [1.54, 1.807) is 0 Å². The number of hydrogen-bond donors (Lipinski definition) is 0. The van der Waals surface area contributed by atoms with Gasteiger partial charge < -0.3 is 18.9 Å². The van der Waals surface area contributed by atoms with Crippen molar-refractivity contribution in [3.05, 3.63) is 173 Å². The fourth-order valence-electron chi connectivity index (χ4n) is 7.26. The lowest BCUT2D eigenvalue weighted by Gasteiger charge is -2.37. The molecule has 6 aromatic carbocycles. The summed E-state index contributed by atoms with van der Waals surface area (Å²) < 4.78 is 509. The summed E-state index contributed by atoms with van der Waals surface area (Å²) in [5, 5.41) is 0. The normalized spacial score (nSPS) is 12.4. The Morgan fingerprint density at radius 1 is 0.277 bits per heavy atom. The van der Waals surface area contributed by atoms with Gasteiger partial charge in [0.2, 0.25) is 110 Å². The summed E-state index contributed by atoms with van der Waals surface area (Å²) in [4.78, 5) is 13.5. The number of alkyl halides is 9. The van der Waals surface area contributed by atoms with Crippen molar-refractivity contribution in [1.29, 1.82) is 0 Å². The predicted molar refractivity (Wildman–Crippen MR) is 198 cm³/mol. The zero-order valence-corrected chi connectivity index (χ0v) is 38.1. The highest BCUT2D eigenvalue weighted by Crippen LogP contribution is 2.55. The molecule has 5 nitrogen and oxygen atoms in total. The van der Waals surface area contributed by atoms with Crippen molar-refractivity contribution in [3.8, 4) is 34.5 Å². The second kappa shape index (κ2) is 21.9. The quantitative estimate of drug-likeness (QED) is 0.0499. The van der Waals surface area contributed by atoms with Crippen LogP contribution in [-0.4, -0.2) is 5.97 Å². The molecule has 0 N–H and O–H groups in total. The number of halogens is 33. The van der Waals surface area contributed by atoms with Crippen LogP contribution in [0.15, 0.2) is 0 Å². The van der Waals surface area contributed by atoms with E-state index in [-0.39, 0.29) is 0 Å². The number of unbranched alkanes of at least 4 members (excludes halogenated alkanes) is 1. The molecule has 0 amide bonds. The molecule has 0 unspecified atom stereocenters. The SMILES string of the molecule is CCCCC(=O)OC(c1c(F)c(F)c(Oc2c(F)c(F)c(C(F)(F)F)c(F)c2F)c(F)c1F)(c1c(F)c(F)c(Oc2c(F)c(F)c(C(F)(F)F)c(F)c2F)c(F)c1F)c1c(F)c(F)c(Oc2c(F)c(F)c(C(F)(F)F)c(F)c2F)c(F)c1F. The lowest BCUT2D eigenvalue weighted by Crippen LogP contribution is -2.42. The Labute approximate surface area is 432 Å². The van der Waals surface area contributed by atoms with E-state index in [9.17, 15) is 97.0 Å². The standard InChI is InChI=1S/C45H9F33O5/c1-2-3-4-5(79)83-42(6-12(46)24(58)36(25(59)13(6)47)80-39-30(64)18(52)9(43(70,71)72)19(53)31(39)65,7-14(48)26(60)37(27(61)15(7)49)81-40-32(66)20(54)10(44(73,74)75)21(55)33(40)67)8-16(50)28(62)38(29(63)17(8)51)82-41-34(68)22(56)11(45(76,77)78)23(57)35(41)69/h2-4H2,1H3. The van der Waals surface area contributed by atoms with E-state index in [2.05, 4.69) is 18.9 Å². The molecule has 0 fully saturated rings. The average molecular weight is 1260 g/mol. The Morgan fingerprint density at radius 2 is 0.434 bits per heavy atom. The van der Waals surface area contributed by atoms with Crippen LogP contribution in [-0.2, 0) is 33.7 Å². The fourth-order valence-corrected chi connectivity index (χ4v) is 7.26. The Bertz CT molecular complexity index is 3180. The lowest BCUT2D eigenvalue weighted by molar-refractivity contribution is -0.155. The number of rotatable bonds is 13. The van der Waals surface area contributed by atoms with E-state index < -0.39 is 257 Å². The van der Waals surface area contributed by atoms with Crippen molar-refractivity contribution < 1.29 is 169 Å². The lowest BCUT2D eigenvalue weighted by atomic mass is 9.77. The molecule has 0 aliphatic rings. The number of carbonyl (C=O) groups is 1. The summed E-state index contributed by atoms with van der Waals surface area (Å²) in [6.07, 6.45) is -22.5. The molecule has 0 heterocycles. The fraction of sp³-hybridized carbons (Fsp3) is 0.178. The third kappa shape index (κ3) is 10.3. The zero-order chi connectivity index (χ0) is 63.3. The third-order valence-electron chi connectivity index (χ3n) is 10.9. The van der Waals surface area contributed by atoms with Crippen molar-refractivity contribution in [1.82, 2.24) is 0 Å². The van der Waals surface area contributed by atoms with Gasteiger partial charge in [-0.15, -0.1) is 0 Å². The Morgan fingerprint density at radius 3 is 0.578 bits per heavy atom. The van der Waals surface area contributed by atoms with Crippen molar-refractivity contribution in [2.24, 2.45) is 0 Å². The zero-order valence-electron chi connectivity index (χ0n) is 38.1. The first-order chi connectivity index (χ1) is 38.0. The maximum absolute atomic E-state index is 16.9. The minimum Gasteiger partial charge on any atom is -0.444 e. The molecule has 6 rings (SSSR count). The van der Waals surface area contributed by atoms with Gasteiger partial charge in [-0.25, -0.2) is 52.7 Å². The summed E-state index contributed by atoms with van der Waals surface area (Å²) in [7, 11) is 0. The molecule has 83 heavy (non-hydrogen) atoms. The third-order valence-corrected chi connectivity index (χ3v) is 10.9. The molecule has 0 aliphatic heterocycles. The summed E-state index contributed by atoms with van der Waals surface area (Å²) >= 11 is 0. The van der Waals surface area contributed by atoms with Gasteiger partial charge in [0, 0.05) is 6.42 Å². The van der Waals surface area contributed by atoms with Crippen LogP contribution in [0.5, 0.6) is 34.5 Å². The molecule has 0 aliphatic carbocycles. The molecule has 0 spiro atoms. The van der Waals surface area contributed by atoms with Crippen LogP contribution in [0.4, 0.5) is 145 Å². The van der Waals surface area contributed by atoms with E-state index in [4.69, 9.17) is 0 Å². The molecule has 0 aromatic heterocycles. The smallest absolute Gasteiger partial charge is 0.422 e. The van der Waals surface area contributed by atoms with Crippen LogP contribution in [0.1, 0.15) is 59.6 Å². The average Bonchev–Trinajstić information content (AvgIpc) is 1.20. The maximum Gasteiger partial charge on any atom is 0.422 e. The Hall–Kier alpha value is -8.12. The Kier molecular flexibility index (Phi) is 16.9. The van der Waals surface area contributed by atoms with Gasteiger partial charge in [0.1, 0.15) is 16.7 Å². The molecule has 450 valence electrons. The van der Waals surface area contributed by atoms with Crippen molar-refractivity contribution in [3.63, 3.8) is 0 Å². The van der Waals surface area contributed by atoms with Crippen LogP contribution in [0.3, 0.4) is 0 Å². The first-order valence-corrected chi connectivity index (χ1v) is 20.6. The van der Waals surface area contributed by atoms with Crippen molar-refractivity contribution >= 4 is 5.97 Å². The van der Waals surface area contributed by atoms with Crippen LogP contribution < -0.4 is 14.2 Å². The monoisotopic (exact) mass is 1260 g/mol. The van der Waals surface area contributed by atoms with Gasteiger partial charge in [0.25, 0.3) is 0 Å². The predicted octanol–water partition coefficient (Wildman–Crippen LogP) is 17.5. The van der Waals surface area contributed by atoms with Gasteiger partial charge in [-0.05, 0) is 6.42 Å². The molecular formula is C45H9F33O5. The van der Waals surface area contributed by atoms with E-state index in [1.165, 1.54) is 0 Å². The minimum absolute atomic E-state index is 0.481. The molecule has 6 aromatic rings. The summed E-state index contributed by atoms with van der Waals surface area (Å²) in [5.41, 5.74) is -28.6. The first kappa shape index (κ1) is 64.1. The summed E-state index contributed by atoms with van der Waals surface area (Å²) in [6, 6.07) is 0. The second-order valence-electron chi connectivity index (χ2n) is 15.8. The summed E-state index contributed by atoms with van der Waals surface area (Å²) in [5.74, 6) is -114. The van der Waals surface area contributed by atoms with Crippen LogP contribution in [0.2, 0.25) is 0 Å². The topological polar surface area (TPSA) is 54.0 Å². The highest BCUT2D eigenvalue weighted by Gasteiger charge is 2.58. The van der Waals surface area contributed by atoms with Crippen LogP contribution in [0, 0.1) is 140 Å². The van der Waals surface area contributed by atoms with Crippen LogP contribution in [0.25, 0.3) is 0 Å². The van der Waals surface area contributed by atoms with Gasteiger partial charge >= 0.3 is 24.5 Å². The second-order valence-corrected chi connectivity index (χ2v) is 15.8. The molecule has 38 heteroatoms. The summed E-state index contributed by atoms with van der Waals surface area (Å²) in [6.45, 7) is 1.01. The molecule has 0 bridgehead atoms. The van der Waals surface area contributed by atoms with Gasteiger partial charge in [0.15, 0.2) is 69.8 Å². The number of benzene rings is 6. The van der Waals surface area contributed by atoms with Gasteiger partial charge in [-0.1, -0.05) is 13.3 Å². The highest BCUT2D eigenvalue weighted by atomic mass is 19.4. The molecule has 0 atom stereocenters. The number of esters is 1. The van der Waals surface area contributed by atoms with Crippen LogP contribution >= 0.6 is 0 Å². The van der Waals surface area contributed by atoms with E-state index in [0.29, 0.717) is 0 Å². The van der Waals surface area contributed by atoms with Gasteiger partial charge in [0.05, 0.1) is 16.7 Å². The molecule has 0 saturated heterocycles. The first-order valence-electron chi connectivity index (χ1n) is 20.6. The largest absolute Gasteiger partial charge is 0.444 e. The molecular weight excluding hydrogens is 1250 g/mol. The van der Waals surface area contributed by atoms with Gasteiger partial charge in [-0.3, -0.25) is 4.79 Å². The van der Waals surface area contributed by atoms with E-state index in [1.807, 2.05) is 0 Å². The Balaban J connectivity index is 1.84. The van der Waals surface area contributed by atoms with Gasteiger partial charge in [-0.2, -0.15) is 92.2 Å². The minimum atomic E-state index is -6.46. The molecule has 0 radical (unpaired) electrons. The van der Waals surface area contributed by atoms with E-state index in [0.717, 1.165) is 6.92 Å². The van der Waals surface area contributed by atoms with Crippen molar-refractivity contribution in [2.45, 2.75) is 50.3 Å². The maximum atomic E-state index is 16.9. The number of hydrogen-bond acceptors (Lipinski definition) is 5. The van der Waals surface area contributed by atoms with E-state index >= 15 is 52.7 Å². The van der Waals surface area contributed by atoms with Crippen molar-refractivity contribution in [2.75, 3.05) is 0 Å². The highest BCUT2D eigenvalue weighted by molar-refractivity contribution is 5.72. The number of ether oxygens (including phenoxy) is 4. The number of carbonyl (C=O) groups excluding carboxylic acids is 1.